The van der Waals surface area contributed by atoms with Gasteiger partial charge in [0.25, 0.3) is 0 Å². The standard InChI is InChI=1S/C30H49N3O2/c1-6-7-8-9-10-11-12-13-14-15-16-17-19-25-22-28(35-33-25)31-30(34)32-29-26(23(2)3)20-18-21-27(29)24(4)5/h18,20-24H,6-17,19H2,1-5H3,(H2,31,32,34). The summed E-state index contributed by atoms with van der Waals surface area (Å²) < 4.78 is 5.36. The molecule has 5 nitrogen and oxygen atoms in total. The van der Waals surface area contributed by atoms with Crippen LogP contribution in [0.15, 0.2) is 28.8 Å². The lowest BCUT2D eigenvalue weighted by atomic mass is 9.93. The molecule has 5 heteroatoms. The fraction of sp³-hybridized carbons (Fsp3) is 0.667. The Morgan fingerprint density at radius 3 is 1.83 bits per heavy atom. The third-order valence-electron chi connectivity index (χ3n) is 6.69. The van der Waals surface area contributed by atoms with Gasteiger partial charge in [-0.2, -0.15) is 0 Å². The van der Waals surface area contributed by atoms with Crippen LogP contribution in [0.3, 0.4) is 0 Å². The first kappa shape index (κ1) is 28.9. The van der Waals surface area contributed by atoms with E-state index in [-0.39, 0.29) is 6.03 Å². The second kappa shape index (κ2) is 16.4. The summed E-state index contributed by atoms with van der Waals surface area (Å²) in [6.45, 7) is 10.8. The minimum Gasteiger partial charge on any atom is -0.338 e. The number of para-hydroxylation sites is 1. The maximum Gasteiger partial charge on any atom is 0.326 e. The zero-order chi connectivity index (χ0) is 25.5. The number of nitrogens with one attached hydrogen (secondary N) is 2. The van der Waals surface area contributed by atoms with Crippen molar-refractivity contribution in [3.05, 3.63) is 41.1 Å². The van der Waals surface area contributed by atoms with Crippen LogP contribution in [-0.4, -0.2) is 11.2 Å². The number of carbonyl (C=O) groups excluding carboxylic acids is 1. The number of aryl methyl sites for hydroxylation is 1. The van der Waals surface area contributed by atoms with Gasteiger partial charge >= 0.3 is 6.03 Å². The van der Waals surface area contributed by atoms with Crippen molar-refractivity contribution in [3.63, 3.8) is 0 Å². The van der Waals surface area contributed by atoms with Crippen LogP contribution >= 0.6 is 0 Å². The van der Waals surface area contributed by atoms with Gasteiger partial charge in [-0.25, -0.2) is 4.79 Å². The Morgan fingerprint density at radius 1 is 0.800 bits per heavy atom. The van der Waals surface area contributed by atoms with E-state index < -0.39 is 0 Å². The van der Waals surface area contributed by atoms with Gasteiger partial charge in [0.2, 0.25) is 5.88 Å². The van der Waals surface area contributed by atoms with Gasteiger partial charge < -0.3 is 9.84 Å². The molecule has 196 valence electrons. The second-order valence-corrected chi connectivity index (χ2v) is 10.5. The molecule has 0 bridgehead atoms. The van der Waals surface area contributed by atoms with Crippen LogP contribution in [0.25, 0.3) is 0 Å². The van der Waals surface area contributed by atoms with E-state index in [1.165, 1.54) is 70.6 Å². The van der Waals surface area contributed by atoms with Gasteiger partial charge in [0.05, 0.1) is 5.69 Å². The predicted molar refractivity (Wildman–Crippen MR) is 149 cm³/mol. The summed E-state index contributed by atoms with van der Waals surface area (Å²) >= 11 is 0. The van der Waals surface area contributed by atoms with Gasteiger partial charge in [-0.1, -0.05) is 129 Å². The Hall–Kier alpha value is -2.30. The van der Waals surface area contributed by atoms with Crippen molar-refractivity contribution in [2.45, 2.75) is 130 Å². The second-order valence-electron chi connectivity index (χ2n) is 10.5. The van der Waals surface area contributed by atoms with Crippen molar-refractivity contribution in [1.29, 1.82) is 0 Å². The summed E-state index contributed by atoms with van der Waals surface area (Å²) in [7, 11) is 0. The third-order valence-corrected chi connectivity index (χ3v) is 6.69. The molecule has 1 aromatic heterocycles. The number of rotatable bonds is 17. The van der Waals surface area contributed by atoms with Crippen LogP contribution in [0, 0.1) is 0 Å². The number of anilines is 2. The molecule has 0 saturated carbocycles. The largest absolute Gasteiger partial charge is 0.338 e. The van der Waals surface area contributed by atoms with E-state index in [0.717, 1.165) is 35.3 Å². The highest BCUT2D eigenvalue weighted by Gasteiger charge is 2.17. The lowest BCUT2D eigenvalue weighted by Gasteiger charge is -2.20. The Bertz CT molecular complexity index is 831. The fourth-order valence-corrected chi connectivity index (χ4v) is 4.59. The fourth-order valence-electron chi connectivity index (χ4n) is 4.59. The molecule has 0 radical (unpaired) electrons. The molecule has 0 unspecified atom stereocenters. The maximum atomic E-state index is 12.7. The maximum absolute atomic E-state index is 12.7. The molecule has 0 aliphatic carbocycles. The summed E-state index contributed by atoms with van der Waals surface area (Å²) in [6, 6.07) is 7.76. The lowest BCUT2D eigenvalue weighted by molar-refractivity contribution is 0.261. The Morgan fingerprint density at radius 2 is 1.31 bits per heavy atom. The SMILES string of the molecule is CCCCCCCCCCCCCCc1cc(NC(=O)Nc2c(C(C)C)cccc2C(C)C)on1. The smallest absolute Gasteiger partial charge is 0.326 e. The number of nitrogens with zero attached hydrogens (tertiary/aromatic N) is 1. The van der Waals surface area contributed by atoms with E-state index in [1.54, 1.807) is 0 Å². The summed E-state index contributed by atoms with van der Waals surface area (Å²) in [5, 5.41) is 10.0. The average molecular weight is 484 g/mol. The summed E-state index contributed by atoms with van der Waals surface area (Å²) in [4.78, 5) is 12.7. The molecule has 2 N–H and O–H groups in total. The highest BCUT2D eigenvalue weighted by molar-refractivity contribution is 6.00. The van der Waals surface area contributed by atoms with Crippen LogP contribution in [0.1, 0.15) is 140 Å². The van der Waals surface area contributed by atoms with Crippen LogP contribution < -0.4 is 10.6 Å². The monoisotopic (exact) mass is 483 g/mol. The molecule has 0 atom stereocenters. The van der Waals surface area contributed by atoms with Gasteiger partial charge in [-0.15, -0.1) is 0 Å². The van der Waals surface area contributed by atoms with Crippen molar-refractivity contribution < 1.29 is 9.32 Å². The average Bonchev–Trinajstić information content (AvgIpc) is 3.26. The number of hydrogen-bond acceptors (Lipinski definition) is 3. The van der Waals surface area contributed by atoms with Crippen LogP contribution in [0.4, 0.5) is 16.4 Å². The zero-order valence-corrected chi connectivity index (χ0v) is 22.9. The number of amides is 2. The molecule has 0 aliphatic heterocycles. The molecule has 0 spiro atoms. The van der Waals surface area contributed by atoms with E-state index in [1.807, 2.05) is 6.07 Å². The molecular formula is C30H49N3O2. The van der Waals surface area contributed by atoms with E-state index in [4.69, 9.17) is 4.52 Å². The molecular weight excluding hydrogens is 434 g/mol. The van der Waals surface area contributed by atoms with Crippen LogP contribution in [-0.2, 0) is 6.42 Å². The van der Waals surface area contributed by atoms with Crippen molar-refractivity contribution in [2.24, 2.45) is 0 Å². The van der Waals surface area contributed by atoms with Gasteiger partial charge in [0.15, 0.2) is 0 Å². The van der Waals surface area contributed by atoms with E-state index >= 15 is 0 Å². The summed E-state index contributed by atoms with van der Waals surface area (Å²) in [6.07, 6.45) is 16.9. The Kier molecular flexibility index (Phi) is 13.5. The molecule has 2 amide bonds. The number of carbonyl (C=O) groups is 1. The molecule has 2 aromatic rings. The van der Waals surface area contributed by atoms with Gasteiger partial charge in [0.1, 0.15) is 0 Å². The highest BCUT2D eigenvalue weighted by Crippen LogP contribution is 2.32. The van der Waals surface area contributed by atoms with Gasteiger partial charge in [-0.3, -0.25) is 5.32 Å². The quantitative estimate of drug-likeness (QED) is 0.220. The molecule has 0 aliphatic rings. The van der Waals surface area contributed by atoms with E-state index in [2.05, 4.69) is 68.6 Å². The summed E-state index contributed by atoms with van der Waals surface area (Å²) in [5.41, 5.74) is 4.07. The van der Waals surface area contributed by atoms with E-state index in [0.29, 0.717) is 17.7 Å². The van der Waals surface area contributed by atoms with Crippen molar-refractivity contribution >= 4 is 17.6 Å². The highest BCUT2D eigenvalue weighted by atomic mass is 16.5. The zero-order valence-electron chi connectivity index (χ0n) is 22.9. The van der Waals surface area contributed by atoms with Crippen LogP contribution in [0.2, 0.25) is 0 Å². The first-order valence-corrected chi connectivity index (χ1v) is 14.1. The molecule has 1 heterocycles. The molecule has 35 heavy (non-hydrogen) atoms. The van der Waals surface area contributed by atoms with Crippen LogP contribution in [0.5, 0.6) is 0 Å². The van der Waals surface area contributed by atoms with Crippen molar-refractivity contribution in [3.8, 4) is 0 Å². The lowest BCUT2D eigenvalue weighted by Crippen LogP contribution is -2.21. The Balaban J connectivity index is 1.67. The Labute approximate surface area is 213 Å². The minimum atomic E-state index is -0.298. The number of urea groups is 1. The third kappa shape index (κ3) is 10.9. The normalized spacial score (nSPS) is 11.4. The van der Waals surface area contributed by atoms with Gasteiger partial charge in [0, 0.05) is 11.8 Å². The van der Waals surface area contributed by atoms with Gasteiger partial charge in [-0.05, 0) is 35.8 Å². The van der Waals surface area contributed by atoms with Crippen molar-refractivity contribution in [1.82, 2.24) is 5.16 Å². The topological polar surface area (TPSA) is 67.2 Å². The number of unbranched alkanes of at least 4 members (excludes halogenated alkanes) is 11. The van der Waals surface area contributed by atoms with Crippen molar-refractivity contribution in [2.75, 3.05) is 10.6 Å². The molecule has 0 fully saturated rings. The minimum absolute atomic E-state index is 0.298. The molecule has 1 aromatic carbocycles. The first-order valence-electron chi connectivity index (χ1n) is 14.1. The van der Waals surface area contributed by atoms with E-state index in [9.17, 15) is 4.79 Å². The number of benzene rings is 1. The predicted octanol–water partition coefficient (Wildman–Crippen LogP) is 9.81. The molecule has 2 rings (SSSR count). The number of hydrogen-bond donors (Lipinski definition) is 2. The first-order chi connectivity index (χ1) is 16.9. The summed E-state index contributed by atoms with van der Waals surface area (Å²) in [5.74, 6) is 1.03. The number of aromatic nitrogens is 1. The molecule has 0 saturated heterocycles.